The molecule has 1 aliphatic rings. The number of thioether (sulfide) groups is 2. The molecule has 0 aliphatic heterocycles. The Morgan fingerprint density at radius 2 is 2.06 bits per heavy atom. The number of anilines is 1. The van der Waals surface area contributed by atoms with Crippen molar-refractivity contribution in [3.8, 4) is 0 Å². The zero-order chi connectivity index (χ0) is 21.5. The molecule has 3 aromatic heterocycles. The van der Waals surface area contributed by atoms with Gasteiger partial charge in [-0.2, -0.15) is 0 Å². The van der Waals surface area contributed by atoms with Crippen LogP contribution in [-0.2, 0) is 24.7 Å². The van der Waals surface area contributed by atoms with Crippen LogP contribution in [0, 0.1) is 0 Å². The SMILES string of the molecule is CSc1nc2ccc(NC(=O)CSc3nc4sc5c(c4c(=O)n3C)CCCC5)cc2s1. The zero-order valence-corrected chi connectivity index (χ0v) is 20.3. The summed E-state index contributed by atoms with van der Waals surface area (Å²) in [6.07, 6.45) is 6.30. The lowest BCUT2D eigenvalue weighted by molar-refractivity contribution is -0.113. The van der Waals surface area contributed by atoms with Gasteiger partial charge in [-0.1, -0.05) is 23.5 Å². The number of benzene rings is 1. The topological polar surface area (TPSA) is 76.9 Å². The summed E-state index contributed by atoms with van der Waals surface area (Å²) < 4.78 is 3.63. The van der Waals surface area contributed by atoms with Gasteiger partial charge in [0.2, 0.25) is 5.91 Å². The van der Waals surface area contributed by atoms with Crippen LogP contribution in [0.2, 0.25) is 0 Å². The Hall–Kier alpha value is -1.88. The molecule has 0 atom stereocenters. The predicted molar refractivity (Wildman–Crippen MR) is 132 cm³/mol. The van der Waals surface area contributed by atoms with Crippen LogP contribution >= 0.6 is 46.2 Å². The highest BCUT2D eigenvalue weighted by Gasteiger charge is 2.21. The maximum absolute atomic E-state index is 13.0. The summed E-state index contributed by atoms with van der Waals surface area (Å²) in [6.45, 7) is 0. The van der Waals surface area contributed by atoms with E-state index in [0.717, 1.165) is 49.7 Å². The third-order valence-corrected chi connectivity index (χ3v) is 9.53. The number of carbonyl (C=O) groups is 1. The summed E-state index contributed by atoms with van der Waals surface area (Å²) in [5.74, 6) is 0.0620. The first kappa shape index (κ1) is 21.0. The van der Waals surface area contributed by atoms with Crippen molar-refractivity contribution in [1.29, 1.82) is 0 Å². The van der Waals surface area contributed by atoms with Crippen molar-refractivity contribution >= 4 is 78.2 Å². The summed E-state index contributed by atoms with van der Waals surface area (Å²) in [4.78, 5) is 36.9. The van der Waals surface area contributed by atoms with Crippen molar-refractivity contribution in [2.75, 3.05) is 17.3 Å². The molecule has 0 radical (unpaired) electrons. The summed E-state index contributed by atoms with van der Waals surface area (Å²) in [7, 11) is 1.74. The molecule has 0 bridgehead atoms. The molecule has 3 heterocycles. The highest BCUT2D eigenvalue weighted by atomic mass is 32.2. The number of hydrogen-bond acceptors (Lipinski definition) is 8. The Kier molecular flexibility index (Phi) is 5.80. The summed E-state index contributed by atoms with van der Waals surface area (Å²) >= 11 is 6.16. The largest absolute Gasteiger partial charge is 0.325 e. The molecule has 0 saturated carbocycles. The van der Waals surface area contributed by atoms with E-state index in [9.17, 15) is 9.59 Å². The fourth-order valence-corrected chi connectivity index (χ4v) is 7.39. The minimum atomic E-state index is -0.126. The van der Waals surface area contributed by atoms with Crippen LogP contribution in [0.5, 0.6) is 0 Å². The van der Waals surface area contributed by atoms with Crippen molar-refractivity contribution in [2.45, 2.75) is 35.2 Å². The average Bonchev–Trinajstić information content (AvgIpc) is 3.35. The molecule has 0 fully saturated rings. The summed E-state index contributed by atoms with van der Waals surface area (Å²) in [5, 5.41) is 4.30. The van der Waals surface area contributed by atoms with Gasteiger partial charge in [-0.05, 0) is 55.7 Å². The standard InChI is InChI=1S/C21H20N4O2S4/c1-25-19(27)17-12-5-3-4-6-14(12)30-18(17)24-20(25)29-10-16(26)22-11-7-8-13-15(9-11)31-21(23-13)28-2/h7-9H,3-6,10H2,1-2H3,(H,22,26). The zero-order valence-electron chi connectivity index (χ0n) is 17.1. The normalized spacial score (nSPS) is 13.6. The first-order chi connectivity index (χ1) is 15.0. The van der Waals surface area contributed by atoms with Gasteiger partial charge in [0, 0.05) is 17.6 Å². The van der Waals surface area contributed by atoms with Crippen LogP contribution < -0.4 is 10.9 Å². The number of rotatable bonds is 5. The third kappa shape index (κ3) is 4.02. The predicted octanol–water partition coefficient (Wildman–Crippen LogP) is 4.94. The maximum atomic E-state index is 13.0. The quantitative estimate of drug-likeness (QED) is 0.317. The Morgan fingerprint density at radius 3 is 2.90 bits per heavy atom. The second-order valence-electron chi connectivity index (χ2n) is 7.35. The van der Waals surface area contributed by atoms with Gasteiger partial charge < -0.3 is 5.32 Å². The first-order valence-corrected chi connectivity index (χ1v) is 13.8. The second kappa shape index (κ2) is 8.57. The number of nitrogens with zero attached hydrogens (tertiary/aromatic N) is 3. The van der Waals surface area contributed by atoms with E-state index in [1.807, 2.05) is 24.5 Å². The number of fused-ring (bicyclic) bond motifs is 4. The van der Waals surface area contributed by atoms with Gasteiger partial charge in [0.15, 0.2) is 9.50 Å². The number of aromatic nitrogens is 3. The molecule has 0 spiro atoms. The number of carbonyl (C=O) groups excluding carboxylic acids is 1. The van der Waals surface area contributed by atoms with E-state index in [4.69, 9.17) is 4.98 Å². The molecular formula is C21H20N4O2S4. The molecule has 1 amide bonds. The van der Waals surface area contributed by atoms with Crippen LogP contribution in [0.25, 0.3) is 20.4 Å². The van der Waals surface area contributed by atoms with Gasteiger partial charge in [-0.15, -0.1) is 22.7 Å². The van der Waals surface area contributed by atoms with Gasteiger partial charge in [0.1, 0.15) is 4.83 Å². The molecule has 1 aliphatic carbocycles. The summed E-state index contributed by atoms with van der Waals surface area (Å²) in [5.41, 5.74) is 2.87. The molecule has 1 aromatic carbocycles. The minimum Gasteiger partial charge on any atom is -0.325 e. The Morgan fingerprint density at radius 1 is 1.23 bits per heavy atom. The van der Waals surface area contributed by atoms with E-state index in [1.165, 1.54) is 28.6 Å². The van der Waals surface area contributed by atoms with Gasteiger partial charge in [0.05, 0.1) is 21.4 Å². The number of nitrogens with one attached hydrogen (secondary N) is 1. The van der Waals surface area contributed by atoms with E-state index in [0.29, 0.717) is 5.16 Å². The van der Waals surface area contributed by atoms with Crippen molar-refractivity contribution in [3.05, 3.63) is 39.0 Å². The molecular weight excluding hydrogens is 469 g/mol. The summed E-state index contributed by atoms with van der Waals surface area (Å²) in [6, 6.07) is 5.74. The maximum Gasteiger partial charge on any atom is 0.262 e. The molecule has 4 aromatic rings. The van der Waals surface area contributed by atoms with E-state index >= 15 is 0 Å². The molecule has 5 rings (SSSR count). The van der Waals surface area contributed by atoms with Crippen LogP contribution in [-0.4, -0.2) is 32.5 Å². The van der Waals surface area contributed by atoms with Gasteiger partial charge in [-0.3, -0.25) is 14.2 Å². The Bertz CT molecular complexity index is 1370. The number of hydrogen-bond donors (Lipinski definition) is 1. The molecule has 160 valence electrons. The molecule has 0 unspecified atom stereocenters. The van der Waals surface area contributed by atoms with Crippen molar-refractivity contribution < 1.29 is 4.79 Å². The highest BCUT2D eigenvalue weighted by Crippen LogP contribution is 2.34. The van der Waals surface area contributed by atoms with Gasteiger partial charge >= 0.3 is 0 Å². The number of thiophene rings is 1. The second-order valence-corrected chi connectivity index (χ2v) is 11.5. The van der Waals surface area contributed by atoms with E-state index < -0.39 is 0 Å². The molecule has 10 heteroatoms. The fourth-order valence-electron chi connectivity index (χ4n) is 3.79. The number of thiazole rings is 1. The highest BCUT2D eigenvalue weighted by molar-refractivity contribution is 8.00. The fraction of sp³-hybridized carbons (Fsp3) is 0.333. The lowest BCUT2D eigenvalue weighted by Gasteiger charge is -2.11. The van der Waals surface area contributed by atoms with Crippen molar-refractivity contribution in [3.63, 3.8) is 0 Å². The lowest BCUT2D eigenvalue weighted by atomic mass is 9.97. The Balaban J connectivity index is 1.33. The first-order valence-electron chi connectivity index (χ1n) is 9.92. The number of amides is 1. The lowest BCUT2D eigenvalue weighted by Crippen LogP contribution is -2.21. The van der Waals surface area contributed by atoms with Crippen LogP contribution in [0.1, 0.15) is 23.3 Å². The minimum absolute atomic E-state index is 0.00690. The molecule has 31 heavy (non-hydrogen) atoms. The average molecular weight is 489 g/mol. The smallest absolute Gasteiger partial charge is 0.262 e. The number of aryl methyl sites for hydroxylation is 2. The molecule has 6 nitrogen and oxygen atoms in total. The van der Waals surface area contributed by atoms with E-state index in [2.05, 4.69) is 10.3 Å². The Labute approximate surface area is 195 Å². The third-order valence-electron chi connectivity index (χ3n) is 5.31. The van der Waals surface area contributed by atoms with Crippen LogP contribution in [0.15, 0.2) is 32.5 Å². The van der Waals surface area contributed by atoms with Crippen molar-refractivity contribution in [1.82, 2.24) is 14.5 Å². The monoisotopic (exact) mass is 488 g/mol. The van der Waals surface area contributed by atoms with Gasteiger partial charge in [-0.25, -0.2) is 9.97 Å². The van der Waals surface area contributed by atoms with E-state index in [-0.39, 0.29) is 17.2 Å². The molecule has 0 saturated heterocycles. The van der Waals surface area contributed by atoms with E-state index in [1.54, 1.807) is 46.1 Å². The van der Waals surface area contributed by atoms with Gasteiger partial charge in [0.25, 0.3) is 5.56 Å². The van der Waals surface area contributed by atoms with Crippen LogP contribution in [0.4, 0.5) is 5.69 Å². The molecule has 1 N–H and O–H groups in total. The van der Waals surface area contributed by atoms with Crippen LogP contribution in [0.3, 0.4) is 0 Å². The van der Waals surface area contributed by atoms with Crippen molar-refractivity contribution in [2.24, 2.45) is 7.05 Å².